The third kappa shape index (κ3) is 5.55. The van der Waals surface area contributed by atoms with Crippen molar-refractivity contribution in [1.29, 1.82) is 0 Å². The van der Waals surface area contributed by atoms with Crippen molar-refractivity contribution in [1.82, 2.24) is 9.88 Å². The Kier molecular flexibility index (Phi) is 7.36. The Hall–Kier alpha value is -2.87. The van der Waals surface area contributed by atoms with Gasteiger partial charge in [0.05, 0.1) is 13.7 Å². The second kappa shape index (κ2) is 9.72. The van der Waals surface area contributed by atoms with E-state index in [1.54, 1.807) is 12.0 Å². The molecule has 0 aliphatic heterocycles. The summed E-state index contributed by atoms with van der Waals surface area (Å²) in [7, 11) is 2.88. The lowest BCUT2D eigenvalue weighted by Crippen LogP contribution is -2.36. The number of oxazole rings is 1. The lowest BCUT2D eigenvalue weighted by molar-refractivity contribution is 0.0594. The van der Waals surface area contributed by atoms with Crippen molar-refractivity contribution in [2.45, 2.75) is 26.8 Å². The van der Waals surface area contributed by atoms with Gasteiger partial charge < -0.3 is 24.1 Å². The number of urea groups is 1. The molecule has 8 nitrogen and oxygen atoms in total. The van der Waals surface area contributed by atoms with Crippen LogP contribution in [-0.2, 0) is 16.0 Å². The first kappa shape index (κ1) is 20.4. The minimum absolute atomic E-state index is 0.0688. The molecule has 0 saturated carbocycles. The normalized spacial score (nSPS) is 10.5. The van der Waals surface area contributed by atoms with E-state index in [-0.39, 0.29) is 24.2 Å². The molecule has 0 spiro atoms. The molecule has 27 heavy (non-hydrogen) atoms. The first-order chi connectivity index (χ1) is 13.0. The minimum atomic E-state index is -0.587. The molecule has 1 N–H and O–H groups in total. The van der Waals surface area contributed by atoms with E-state index < -0.39 is 5.97 Å². The maximum atomic E-state index is 12.8. The predicted molar refractivity (Wildman–Crippen MR) is 99.7 cm³/mol. The molecule has 8 heteroatoms. The Morgan fingerprint density at radius 2 is 2.04 bits per heavy atom. The predicted octanol–water partition coefficient (Wildman–Crippen LogP) is 3.15. The highest BCUT2D eigenvalue weighted by atomic mass is 16.5. The molecule has 0 aliphatic carbocycles. The molecule has 146 valence electrons. The van der Waals surface area contributed by atoms with Gasteiger partial charge in [-0.3, -0.25) is 0 Å². The molecule has 0 aliphatic rings. The van der Waals surface area contributed by atoms with Crippen molar-refractivity contribution in [3.05, 3.63) is 47.2 Å². The van der Waals surface area contributed by atoms with Crippen LogP contribution >= 0.6 is 0 Å². The number of hydrogen-bond acceptors (Lipinski definition) is 6. The van der Waals surface area contributed by atoms with Crippen LogP contribution in [0.4, 0.5) is 10.5 Å². The van der Waals surface area contributed by atoms with E-state index in [0.29, 0.717) is 19.6 Å². The SMILES string of the molecule is COCCCN(Cc1nc(C(=O)OC)co1)C(=O)Nc1cccc(C)c1C. The summed E-state index contributed by atoms with van der Waals surface area (Å²) in [5, 5.41) is 2.92. The summed E-state index contributed by atoms with van der Waals surface area (Å²) in [6.07, 6.45) is 1.87. The fraction of sp³-hybridized carbons (Fsp3) is 0.421. The van der Waals surface area contributed by atoms with E-state index >= 15 is 0 Å². The first-order valence-corrected chi connectivity index (χ1v) is 8.60. The quantitative estimate of drug-likeness (QED) is 0.563. The summed E-state index contributed by atoms with van der Waals surface area (Å²) in [6.45, 7) is 5.03. The summed E-state index contributed by atoms with van der Waals surface area (Å²) in [4.78, 5) is 29.9. The molecule has 2 rings (SSSR count). The number of nitrogens with one attached hydrogen (secondary N) is 1. The van der Waals surface area contributed by atoms with Gasteiger partial charge in [0.25, 0.3) is 0 Å². The number of aryl methyl sites for hydroxylation is 1. The molecule has 0 fully saturated rings. The largest absolute Gasteiger partial charge is 0.464 e. The van der Waals surface area contributed by atoms with Gasteiger partial charge in [0, 0.05) is 25.9 Å². The zero-order valence-electron chi connectivity index (χ0n) is 16.1. The van der Waals surface area contributed by atoms with Crippen LogP contribution in [0.1, 0.15) is 33.9 Å². The van der Waals surface area contributed by atoms with Gasteiger partial charge in [0.1, 0.15) is 6.26 Å². The highest BCUT2D eigenvalue weighted by molar-refractivity contribution is 5.90. The highest BCUT2D eigenvalue weighted by Gasteiger charge is 2.19. The van der Waals surface area contributed by atoms with E-state index in [1.165, 1.54) is 13.4 Å². The van der Waals surface area contributed by atoms with Crippen molar-refractivity contribution in [2.24, 2.45) is 0 Å². The van der Waals surface area contributed by atoms with Gasteiger partial charge in [-0.05, 0) is 37.5 Å². The molecule has 1 aromatic carbocycles. The summed E-state index contributed by atoms with van der Waals surface area (Å²) in [5.74, 6) is -0.334. The topological polar surface area (TPSA) is 93.9 Å². The number of carbonyl (C=O) groups excluding carboxylic acids is 2. The number of esters is 1. The van der Waals surface area contributed by atoms with Crippen LogP contribution in [0.3, 0.4) is 0 Å². The van der Waals surface area contributed by atoms with E-state index in [0.717, 1.165) is 16.8 Å². The number of methoxy groups -OCH3 is 2. The van der Waals surface area contributed by atoms with E-state index in [4.69, 9.17) is 9.15 Å². The zero-order valence-corrected chi connectivity index (χ0v) is 16.1. The lowest BCUT2D eigenvalue weighted by Gasteiger charge is -2.22. The number of hydrogen-bond donors (Lipinski definition) is 1. The third-order valence-corrected chi connectivity index (χ3v) is 4.18. The maximum Gasteiger partial charge on any atom is 0.360 e. The summed E-state index contributed by atoms with van der Waals surface area (Å²) >= 11 is 0. The maximum absolute atomic E-state index is 12.8. The van der Waals surface area contributed by atoms with Crippen molar-refractivity contribution < 1.29 is 23.5 Å². The second-order valence-electron chi connectivity index (χ2n) is 6.06. The molecule has 0 unspecified atom stereocenters. The second-order valence-corrected chi connectivity index (χ2v) is 6.06. The molecule has 2 amide bonds. The van der Waals surface area contributed by atoms with Crippen molar-refractivity contribution in [3.63, 3.8) is 0 Å². The van der Waals surface area contributed by atoms with Gasteiger partial charge in [0.2, 0.25) is 5.89 Å². The number of benzene rings is 1. The number of nitrogens with zero attached hydrogens (tertiary/aromatic N) is 2. The summed E-state index contributed by atoms with van der Waals surface area (Å²) in [5.41, 5.74) is 2.92. The van der Waals surface area contributed by atoms with Crippen LogP contribution in [0, 0.1) is 13.8 Å². The van der Waals surface area contributed by atoms with Gasteiger partial charge >= 0.3 is 12.0 Å². The average Bonchev–Trinajstić information content (AvgIpc) is 3.12. The van der Waals surface area contributed by atoms with Crippen LogP contribution in [0.2, 0.25) is 0 Å². The van der Waals surface area contributed by atoms with Gasteiger partial charge in [-0.1, -0.05) is 12.1 Å². The first-order valence-electron chi connectivity index (χ1n) is 8.60. The Balaban J connectivity index is 2.12. The van der Waals surface area contributed by atoms with Crippen molar-refractivity contribution in [3.8, 4) is 0 Å². The Bertz CT molecular complexity index is 787. The minimum Gasteiger partial charge on any atom is -0.464 e. The molecule has 2 aromatic rings. The van der Waals surface area contributed by atoms with Crippen molar-refractivity contribution in [2.75, 3.05) is 32.7 Å². The number of anilines is 1. The van der Waals surface area contributed by atoms with Gasteiger partial charge in [-0.15, -0.1) is 0 Å². The Labute approximate surface area is 158 Å². The van der Waals surface area contributed by atoms with Crippen LogP contribution in [0.25, 0.3) is 0 Å². The van der Waals surface area contributed by atoms with Crippen molar-refractivity contribution >= 4 is 17.7 Å². The molecule has 0 radical (unpaired) electrons. The molecule has 1 aromatic heterocycles. The average molecular weight is 375 g/mol. The Morgan fingerprint density at radius 3 is 2.74 bits per heavy atom. The van der Waals surface area contributed by atoms with E-state index in [1.807, 2.05) is 32.0 Å². The molecule has 0 bridgehead atoms. The fourth-order valence-corrected chi connectivity index (χ4v) is 2.48. The summed E-state index contributed by atoms with van der Waals surface area (Å²) in [6, 6.07) is 5.46. The zero-order chi connectivity index (χ0) is 19.8. The molecule has 1 heterocycles. The molecule has 0 atom stereocenters. The number of rotatable bonds is 8. The molecular weight excluding hydrogens is 350 g/mol. The van der Waals surface area contributed by atoms with Gasteiger partial charge in [-0.2, -0.15) is 0 Å². The number of amides is 2. The molecule has 0 saturated heterocycles. The number of ether oxygens (including phenoxy) is 2. The van der Waals surface area contributed by atoms with E-state index in [9.17, 15) is 9.59 Å². The third-order valence-electron chi connectivity index (χ3n) is 4.18. The van der Waals surface area contributed by atoms with Gasteiger partial charge in [0.15, 0.2) is 5.69 Å². The number of aromatic nitrogens is 1. The monoisotopic (exact) mass is 375 g/mol. The Morgan fingerprint density at radius 1 is 1.26 bits per heavy atom. The van der Waals surface area contributed by atoms with Crippen LogP contribution < -0.4 is 5.32 Å². The standard InChI is InChI=1S/C19H25N3O5/c1-13-7-5-8-15(14(13)2)21-19(24)22(9-6-10-25-3)11-17-20-16(12-27-17)18(23)26-4/h5,7-8,12H,6,9-11H2,1-4H3,(H,21,24). The lowest BCUT2D eigenvalue weighted by atomic mass is 10.1. The van der Waals surface area contributed by atoms with Crippen LogP contribution in [0.15, 0.2) is 28.9 Å². The van der Waals surface area contributed by atoms with Crippen LogP contribution in [0.5, 0.6) is 0 Å². The van der Waals surface area contributed by atoms with E-state index in [2.05, 4.69) is 15.0 Å². The highest BCUT2D eigenvalue weighted by Crippen LogP contribution is 2.19. The van der Waals surface area contributed by atoms with Gasteiger partial charge in [-0.25, -0.2) is 14.6 Å². The molecular formula is C19H25N3O5. The summed E-state index contributed by atoms with van der Waals surface area (Å²) < 4.78 is 15.0. The number of carbonyl (C=O) groups is 2. The smallest absolute Gasteiger partial charge is 0.360 e. The van der Waals surface area contributed by atoms with Crippen LogP contribution in [-0.4, -0.2) is 49.3 Å². The fourth-order valence-electron chi connectivity index (χ4n) is 2.48.